The van der Waals surface area contributed by atoms with Crippen molar-refractivity contribution in [2.24, 2.45) is 0 Å². The maximum Gasteiger partial charge on any atom is 0.123 e. The molecule has 0 saturated carbocycles. The normalized spacial score (nSPS) is 10.5. The van der Waals surface area contributed by atoms with E-state index in [1.54, 1.807) is 6.07 Å². The van der Waals surface area contributed by atoms with E-state index in [1.165, 1.54) is 17.7 Å². The Labute approximate surface area is 101 Å². The highest BCUT2D eigenvalue weighted by Crippen LogP contribution is 2.21. The van der Waals surface area contributed by atoms with Crippen molar-refractivity contribution >= 4 is 0 Å². The largest absolute Gasteiger partial charge is 0.396 e. The van der Waals surface area contributed by atoms with Gasteiger partial charge in [0.2, 0.25) is 0 Å². The Bertz CT molecular complexity index is 494. The van der Waals surface area contributed by atoms with Crippen LogP contribution in [0.1, 0.15) is 12.0 Å². The first-order valence-corrected chi connectivity index (χ1v) is 5.75. The first kappa shape index (κ1) is 11.8. The zero-order chi connectivity index (χ0) is 12.1. The molecule has 0 aliphatic carbocycles. The molecule has 2 heteroatoms. The van der Waals surface area contributed by atoms with Gasteiger partial charge >= 0.3 is 0 Å². The highest BCUT2D eigenvalue weighted by atomic mass is 19.1. The van der Waals surface area contributed by atoms with Crippen molar-refractivity contribution < 1.29 is 9.50 Å². The van der Waals surface area contributed by atoms with Gasteiger partial charge in [0, 0.05) is 6.61 Å². The molecule has 0 aromatic heterocycles. The molecular formula is C15H15FO. The van der Waals surface area contributed by atoms with E-state index in [1.807, 2.05) is 30.3 Å². The summed E-state index contributed by atoms with van der Waals surface area (Å²) in [4.78, 5) is 0. The van der Waals surface area contributed by atoms with Gasteiger partial charge < -0.3 is 5.11 Å². The molecule has 0 fully saturated rings. The molecule has 88 valence electrons. The third kappa shape index (κ3) is 3.14. The number of hydrogen-bond donors (Lipinski definition) is 1. The number of aliphatic hydroxyl groups excluding tert-OH is 1. The smallest absolute Gasteiger partial charge is 0.123 e. The van der Waals surface area contributed by atoms with Crippen LogP contribution in [-0.2, 0) is 6.42 Å². The van der Waals surface area contributed by atoms with Crippen molar-refractivity contribution in [3.05, 3.63) is 59.9 Å². The molecule has 0 amide bonds. The number of rotatable bonds is 4. The Morgan fingerprint density at radius 1 is 0.941 bits per heavy atom. The molecule has 1 nitrogen and oxygen atoms in total. The summed E-state index contributed by atoms with van der Waals surface area (Å²) in [5.74, 6) is -0.219. The Hall–Kier alpha value is -1.67. The van der Waals surface area contributed by atoms with E-state index in [0.717, 1.165) is 24.0 Å². The highest BCUT2D eigenvalue weighted by Gasteiger charge is 2.00. The van der Waals surface area contributed by atoms with Gasteiger partial charge in [0.1, 0.15) is 5.82 Å². The standard InChI is InChI=1S/C15H15FO/c16-15-8-2-7-14(11-15)13-6-1-4-12(10-13)5-3-9-17/h1-2,4,6-8,10-11,17H,3,5,9H2. The zero-order valence-corrected chi connectivity index (χ0v) is 9.57. The number of halogens is 1. The first-order valence-electron chi connectivity index (χ1n) is 5.75. The van der Waals surface area contributed by atoms with Crippen LogP contribution in [0.5, 0.6) is 0 Å². The fourth-order valence-electron chi connectivity index (χ4n) is 1.86. The Morgan fingerprint density at radius 3 is 2.35 bits per heavy atom. The second-order valence-corrected chi connectivity index (χ2v) is 4.04. The van der Waals surface area contributed by atoms with Crippen molar-refractivity contribution in [2.75, 3.05) is 6.61 Å². The van der Waals surface area contributed by atoms with E-state index in [0.29, 0.717) is 0 Å². The predicted molar refractivity (Wildman–Crippen MR) is 67.2 cm³/mol. The van der Waals surface area contributed by atoms with Crippen molar-refractivity contribution in [3.8, 4) is 11.1 Å². The van der Waals surface area contributed by atoms with E-state index >= 15 is 0 Å². The van der Waals surface area contributed by atoms with E-state index < -0.39 is 0 Å². The van der Waals surface area contributed by atoms with Crippen LogP contribution in [0.4, 0.5) is 4.39 Å². The molecule has 2 aromatic carbocycles. The molecular weight excluding hydrogens is 215 g/mol. The third-order valence-corrected chi connectivity index (χ3v) is 2.71. The topological polar surface area (TPSA) is 20.2 Å². The molecule has 0 spiro atoms. The van der Waals surface area contributed by atoms with Gasteiger partial charge in [0.05, 0.1) is 0 Å². The van der Waals surface area contributed by atoms with Crippen LogP contribution >= 0.6 is 0 Å². The molecule has 0 heterocycles. The predicted octanol–water partition coefficient (Wildman–Crippen LogP) is 3.42. The molecule has 0 saturated heterocycles. The molecule has 0 aliphatic heterocycles. The van der Waals surface area contributed by atoms with Crippen LogP contribution in [0.15, 0.2) is 48.5 Å². The Kier molecular flexibility index (Phi) is 3.89. The van der Waals surface area contributed by atoms with Gasteiger partial charge in [-0.1, -0.05) is 36.4 Å². The summed E-state index contributed by atoms with van der Waals surface area (Å²) in [7, 11) is 0. The second kappa shape index (κ2) is 5.60. The lowest BCUT2D eigenvalue weighted by molar-refractivity contribution is 0.288. The summed E-state index contributed by atoms with van der Waals surface area (Å²) in [6.45, 7) is 0.199. The molecule has 0 bridgehead atoms. The molecule has 1 N–H and O–H groups in total. The van der Waals surface area contributed by atoms with Crippen LogP contribution in [0.25, 0.3) is 11.1 Å². The third-order valence-electron chi connectivity index (χ3n) is 2.71. The van der Waals surface area contributed by atoms with Crippen LogP contribution in [0.3, 0.4) is 0 Å². The van der Waals surface area contributed by atoms with Crippen molar-refractivity contribution in [3.63, 3.8) is 0 Å². The van der Waals surface area contributed by atoms with Crippen LogP contribution in [0, 0.1) is 5.82 Å². The van der Waals surface area contributed by atoms with E-state index in [-0.39, 0.29) is 12.4 Å². The highest BCUT2D eigenvalue weighted by molar-refractivity contribution is 5.64. The average Bonchev–Trinajstić information content (AvgIpc) is 2.37. The summed E-state index contributed by atoms with van der Waals surface area (Å²) >= 11 is 0. The zero-order valence-electron chi connectivity index (χ0n) is 9.57. The Balaban J connectivity index is 2.26. The summed E-state index contributed by atoms with van der Waals surface area (Å²) in [6.07, 6.45) is 1.60. The van der Waals surface area contributed by atoms with E-state index in [9.17, 15) is 4.39 Å². The van der Waals surface area contributed by atoms with Gasteiger partial charge in [0.15, 0.2) is 0 Å². The van der Waals surface area contributed by atoms with Gasteiger partial charge in [-0.3, -0.25) is 0 Å². The quantitative estimate of drug-likeness (QED) is 0.853. The number of aliphatic hydroxyl groups is 1. The lowest BCUT2D eigenvalue weighted by Gasteiger charge is -2.05. The first-order chi connectivity index (χ1) is 8.29. The lowest BCUT2D eigenvalue weighted by atomic mass is 10.0. The monoisotopic (exact) mass is 230 g/mol. The molecule has 2 rings (SSSR count). The van der Waals surface area contributed by atoms with Gasteiger partial charge in [-0.15, -0.1) is 0 Å². The summed E-state index contributed by atoms with van der Waals surface area (Å²) in [5, 5.41) is 8.80. The maximum atomic E-state index is 13.1. The van der Waals surface area contributed by atoms with Crippen molar-refractivity contribution in [1.29, 1.82) is 0 Å². The van der Waals surface area contributed by atoms with Gasteiger partial charge in [-0.05, 0) is 41.7 Å². The van der Waals surface area contributed by atoms with Crippen LogP contribution in [-0.4, -0.2) is 11.7 Å². The molecule has 0 unspecified atom stereocenters. The molecule has 17 heavy (non-hydrogen) atoms. The molecule has 2 aromatic rings. The van der Waals surface area contributed by atoms with Crippen LogP contribution in [0.2, 0.25) is 0 Å². The SMILES string of the molecule is OCCCc1cccc(-c2cccc(F)c2)c1. The van der Waals surface area contributed by atoms with Crippen LogP contribution < -0.4 is 0 Å². The molecule has 0 radical (unpaired) electrons. The summed E-state index contributed by atoms with van der Waals surface area (Å²) in [6, 6.07) is 14.6. The van der Waals surface area contributed by atoms with Crippen molar-refractivity contribution in [2.45, 2.75) is 12.8 Å². The molecule has 0 atom stereocenters. The van der Waals surface area contributed by atoms with Gasteiger partial charge in [-0.25, -0.2) is 4.39 Å². The maximum absolute atomic E-state index is 13.1. The minimum atomic E-state index is -0.219. The van der Waals surface area contributed by atoms with Crippen molar-refractivity contribution in [1.82, 2.24) is 0 Å². The lowest BCUT2D eigenvalue weighted by Crippen LogP contribution is -1.90. The minimum Gasteiger partial charge on any atom is -0.396 e. The summed E-state index contributed by atoms with van der Waals surface area (Å²) < 4.78 is 13.1. The number of hydrogen-bond acceptors (Lipinski definition) is 1. The number of aryl methyl sites for hydroxylation is 1. The minimum absolute atomic E-state index is 0.199. The van der Waals surface area contributed by atoms with E-state index in [4.69, 9.17) is 5.11 Å². The molecule has 0 aliphatic rings. The Morgan fingerprint density at radius 2 is 1.65 bits per heavy atom. The number of benzene rings is 2. The fourth-order valence-corrected chi connectivity index (χ4v) is 1.86. The fraction of sp³-hybridized carbons (Fsp3) is 0.200. The summed E-state index contributed by atoms with van der Waals surface area (Å²) in [5.41, 5.74) is 3.07. The average molecular weight is 230 g/mol. The van der Waals surface area contributed by atoms with Gasteiger partial charge in [0.25, 0.3) is 0 Å². The second-order valence-electron chi connectivity index (χ2n) is 4.04. The van der Waals surface area contributed by atoms with E-state index in [2.05, 4.69) is 0 Å². The van der Waals surface area contributed by atoms with Gasteiger partial charge in [-0.2, -0.15) is 0 Å².